The van der Waals surface area contributed by atoms with Crippen molar-refractivity contribution in [2.24, 2.45) is 0 Å². The van der Waals surface area contributed by atoms with Crippen LogP contribution < -0.4 is 15.5 Å². The van der Waals surface area contributed by atoms with Crippen LogP contribution in [0, 0.1) is 0 Å². The molecule has 2 aromatic heterocycles. The largest absolute Gasteiger partial charge is 0.370 e. The van der Waals surface area contributed by atoms with Crippen LogP contribution >= 0.6 is 0 Å². The van der Waals surface area contributed by atoms with Crippen LogP contribution in [-0.2, 0) is 9.53 Å². The van der Waals surface area contributed by atoms with Gasteiger partial charge in [0.2, 0.25) is 0 Å². The van der Waals surface area contributed by atoms with Gasteiger partial charge in [-0.05, 0) is 49.2 Å². The molecule has 2 amide bonds. The van der Waals surface area contributed by atoms with E-state index in [2.05, 4.69) is 25.6 Å². The number of aromatic nitrogens is 3. The molecule has 3 heterocycles. The van der Waals surface area contributed by atoms with Crippen LogP contribution in [0.5, 0.6) is 0 Å². The molecule has 32 heavy (non-hydrogen) atoms. The van der Waals surface area contributed by atoms with Crippen molar-refractivity contribution >= 4 is 34.6 Å². The first kappa shape index (κ1) is 20.1. The van der Waals surface area contributed by atoms with Crippen molar-refractivity contribution < 1.29 is 14.3 Å². The van der Waals surface area contributed by atoms with Crippen molar-refractivity contribution in [1.82, 2.24) is 15.0 Å². The minimum atomic E-state index is -0.318. The molecule has 0 spiro atoms. The SMILES string of the molecule is O=C(Nc1ccc(N2CCOCC2=O)cc1)c1nc(C2CC2)ccc1Nc1cncnc1. The molecule has 1 saturated heterocycles. The predicted molar refractivity (Wildman–Crippen MR) is 119 cm³/mol. The van der Waals surface area contributed by atoms with E-state index in [1.807, 2.05) is 24.3 Å². The summed E-state index contributed by atoms with van der Waals surface area (Å²) < 4.78 is 5.17. The van der Waals surface area contributed by atoms with Gasteiger partial charge in [0.1, 0.15) is 12.9 Å². The Labute approximate surface area is 184 Å². The molecule has 0 bridgehead atoms. The zero-order valence-electron chi connectivity index (χ0n) is 17.3. The maximum atomic E-state index is 13.1. The van der Waals surface area contributed by atoms with Crippen molar-refractivity contribution in [3.05, 3.63) is 66.5 Å². The summed E-state index contributed by atoms with van der Waals surface area (Å²) in [7, 11) is 0. The third-order valence-corrected chi connectivity index (χ3v) is 5.39. The summed E-state index contributed by atoms with van der Waals surface area (Å²) in [6.45, 7) is 1.11. The summed E-state index contributed by atoms with van der Waals surface area (Å²) in [4.78, 5) is 39.5. The Kier molecular flexibility index (Phi) is 5.47. The molecule has 1 aliphatic heterocycles. The van der Waals surface area contributed by atoms with Gasteiger partial charge in [0.15, 0.2) is 5.69 Å². The van der Waals surface area contributed by atoms with Crippen LogP contribution in [0.4, 0.5) is 22.7 Å². The van der Waals surface area contributed by atoms with Crippen LogP contribution in [0.2, 0.25) is 0 Å². The maximum absolute atomic E-state index is 13.1. The van der Waals surface area contributed by atoms with Crippen LogP contribution in [-0.4, -0.2) is 46.5 Å². The van der Waals surface area contributed by atoms with Crippen molar-refractivity contribution in [3.8, 4) is 0 Å². The van der Waals surface area contributed by atoms with Crippen molar-refractivity contribution in [2.75, 3.05) is 35.3 Å². The molecule has 1 saturated carbocycles. The summed E-state index contributed by atoms with van der Waals surface area (Å²) in [6.07, 6.45) is 6.90. The summed E-state index contributed by atoms with van der Waals surface area (Å²) in [6, 6.07) is 11.0. The number of carbonyl (C=O) groups is 2. The number of amides is 2. The molecule has 0 radical (unpaired) electrons. The van der Waals surface area contributed by atoms with Gasteiger partial charge in [-0.3, -0.25) is 9.59 Å². The first-order chi connectivity index (χ1) is 15.7. The van der Waals surface area contributed by atoms with E-state index in [1.54, 1.807) is 29.4 Å². The standard InChI is InChI=1S/C23H22N6O3/c30-21-13-32-10-9-29(21)18-5-3-16(4-6-18)27-23(31)22-20(26-17-11-24-14-25-12-17)8-7-19(28-22)15-1-2-15/h3-8,11-12,14-15,26H,1-2,9-10,13H2,(H,27,31). The highest BCUT2D eigenvalue weighted by Gasteiger charge is 2.27. The Morgan fingerprint density at radius 2 is 1.81 bits per heavy atom. The van der Waals surface area contributed by atoms with Crippen LogP contribution in [0.15, 0.2) is 55.1 Å². The summed E-state index contributed by atoms with van der Waals surface area (Å²) in [5.41, 5.74) is 3.87. The number of nitrogens with one attached hydrogen (secondary N) is 2. The molecule has 1 aromatic carbocycles. The monoisotopic (exact) mass is 430 g/mol. The van der Waals surface area contributed by atoms with Crippen LogP contribution in [0.25, 0.3) is 0 Å². The number of hydrogen-bond donors (Lipinski definition) is 2. The van der Waals surface area contributed by atoms with Crippen molar-refractivity contribution in [1.29, 1.82) is 0 Å². The average molecular weight is 430 g/mol. The van der Waals surface area contributed by atoms with Gasteiger partial charge in [0.05, 0.1) is 30.4 Å². The fourth-order valence-corrected chi connectivity index (χ4v) is 3.58. The van der Waals surface area contributed by atoms with E-state index in [-0.39, 0.29) is 18.4 Å². The lowest BCUT2D eigenvalue weighted by molar-refractivity contribution is -0.125. The van der Waals surface area contributed by atoms with Crippen molar-refractivity contribution in [3.63, 3.8) is 0 Å². The molecule has 9 nitrogen and oxygen atoms in total. The molecule has 9 heteroatoms. The normalized spacial score (nSPS) is 16.0. The third kappa shape index (κ3) is 4.42. The van der Waals surface area contributed by atoms with E-state index in [0.29, 0.717) is 41.8 Å². The zero-order valence-corrected chi connectivity index (χ0v) is 17.3. The number of benzene rings is 1. The Balaban J connectivity index is 1.36. The maximum Gasteiger partial charge on any atom is 0.276 e. The molecule has 2 N–H and O–H groups in total. The second-order valence-electron chi connectivity index (χ2n) is 7.76. The van der Waals surface area contributed by atoms with Gasteiger partial charge >= 0.3 is 0 Å². The first-order valence-electron chi connectivity index (χ1n) is 10.5. The molecule has 1 aliphatic carbocycles. The molecular formula is C23H22N6O3. The van der Waals surface area contributed by atoms with E-state index in [9.17, 15) is 9.59 Å². The van der Waals surface area contributed by atoms with Gasteiger partial charge in [-0.25, -0.2) is 15.0 Å². The summed E-state index contributed by atoms with van der Waals surface area (Å²) >= 11 is 0. The Hall–Kier alpha value is -3.85. The van der Waals surface area contributed by atoms with E-state index in [4.69, 9.17) is 4.74 Å². The second kappa shape index (κ2) is 8.72. The second-order valence-corrected chi connectivity index (χ2v) is 7.76. The Bertz CT molecular complexity index is 1130. The highest BCUT2D eigenvalue weighted by Crippen LogP contribution is 2.39. The predicted octanol–water partition coefficient (Wildman–Crippen LogP) is 3.11. The molecule has 0 atom stereocenters. The first-order valence-corrected chi connectivity index (χ1v) is 10.5. The molecule has 2 aliphatic rings. The third-order valence-electron chi connectivity index (χ3n) is 5.39. The topological polar surface area (TPSA) is 109 Å². The lowest BCUT2D eigenvalue weighted by Gasteiger charge is -2.26. The zero-order chi connectivity index (χ0) is 21.9. The number of pyridine rings is 1. The molecule has 2 fully saturated rings. The lowest BCUT2D eigenvalue weighted by atomic mass is 10.2. The number of anilines is 4. The summed E-state index contributed by atoms with van der Waals surface area (Å²) in [5.74, 6) is 0.0257. The summed E-state index contributed by atoms with van der Waals surface area (Å²) in [5, 5.41) is 6.09. The van der Waals surface area contributed by atoms with Gasteiger partial charge in [-0.1, -0.05) is 0 Å². The lowest BCUT2D eigenvalue weighted by Crippen LogP contribution is -2.41. The fourth-order valence-electron chi connectivity index (χ4n) is 3.58. The van der Waals surface area contributed by atoms with Crippen LogP contribution in [0.3, 0.4) is 0 Å². The van der Waals surface area contributed by atoms with Gasteiger partial charge in [-0.2, -0.15) is 0 Å². The van der Waals surface area contributed by atoms with E-state index >= 15 is 0 Å². The molecule has 5 rings (SSSR count). The average Bonchev–Trinajstić information content (AvgIpc) is 3.67. The van der Waals surface area contributed by atoms with E-state index in [0.717, 1.165) is 24.2 Å². The van der Waals surface area contributed by atoms with Gasteiger partial charge < -0.3 is 20.3 Å². The minimum absolute atomic E-state index is 0.0743. The highest BCUT2D eigenvalue weighted by molar-refractivity contribution is 6.07. The van der Waals surface area contributed by atoms with Crippen LogP contribution in [0.1, 0.15) is 34.9 Å². The fraction of sp³-hybridized carbons (Fsp3) is 0.261. The number of carbonyl (C=O) groups excluding carboxylic acids is 2. The van der Waals surface area contributed by atoms with Gasteiger partial charge in [-0.15, -0.1) is 0 Å². The number of morpholine rings is 1. The number of ether oxygens (including phenoxy) is 1. The number of hydrogen-bond acceptors (Lipinski definition) is 7. The van der Waals surface area contributed by atoms with Gasteiger partial charge in [0.25, 0.3) is 11.8 Å². The van der Waals surface area contributed by atoms with Gasteiger partial charge in [0, 0.05) is 29.5 Å². The molecule has 162 valence electrons. The van der Waals surface area contributed by atoms with Crippen molar-refractivity contribution in [2.45, 2.75) is 18.8 Å². The number of nitrogens with zero attached hydrogens (tertiary/aromatic N) is 4. The Morgan fingerprint density at radius 3 is 2.53 bits per heavy atom. The quantitative estimate of drug-likeness (QED) is 0.618. The minimum Gasteiger partial charge on any atom is -0.370 e. The molecule has 3 aromatic rings. The Morgan fingerprint density at radius 1 is 1.03 bits per heavy atom. The number of rotatable bonds is 6. The molecular weight excluding hydrogens is 408 g/mol. The van der Waals surface area contributed by atoms with E-state index < -0.39 is 0 Å². The molecule has 0 unspecified atom stereocenters. The smallest absolute Gasteiger partial charge is 0.276 e. The van der Waals surface area contributed by atoms with E-state index in [1.165, 1.54) is 6.33 Å². The highest BCUT2D eigenvalue weighted by atomic mass is 16.5.